The Morgan fingerprint density at radius 3 is 2.09 bits per heavy atom. The normalized spacial score (nSPS) is 13.2. The zero-order valence-corrected chi connectivity index (χ0v) is 17.9. The van der Waals surface area contributed by atoms with Gasteiger partial charge in [0.2, 0.25) is 0 Å². The van der Waals surface area contributed by atoms with Crippen LogP contribution in [0.2, 0.25) is 0 Å². The van der Waals surface area contributed by atoms with E-state index in [4.69, 9.17) is 15.2 Å². The molecule has 0 aliphatic heterocycles. The first-order chi connectivity index (χ1) is 16.1. The van der Waals surface area contributed by atoms with Gasteiger partial charge in [0.05, 0.1) is 0 Å². The molecule has 33 heavy (non-hydrogen) atoms. The van der Waals surface area contributed by atoms with E-state index in [1.54, 1.807) is 0 Å². The lowest BCUT2D eigenvalue weighted by Crippen LogP contribution is -2.36. The lowest BCUT2D eigenvalue weighted by atomic mass is 9.98. The summed E-state index contributed by atoms with van der Waals surface area (Å²) in [5.74, 6) is -0.910. The Morgan fingerprint density at radius 1 is 0.788 bits per heavy atom. The van der Waals surface area contributed by atoms with E-state index in [0.29, 0.717) is 0 Å². The molecule has 0 spiro atoms. The fourth-order valence-electron chi connectivity index (χ4n) is 4.48. The third kappa shape index (κ3) is 4.23. The highest BCUT2D eigenvalue weighted by Crippen LogP contribution is 2.44. The predicted molar refractivity (Wildman–Crippen MR) is 127 cm³/mol. The van der Waals surface area contributed by atoms with E-state index in [0.717, 1.165) is 38.6 Å². The Hall–Kier alpha value is -3.96. The first-order valence-corrected chi connectivity index (χ1v) is 10.9. The van der Waals surface area contributed by atoms with E-state index < -0.39 is 18.2 Å². The van der Waals surface area contributed by atoms with Gasteiger partial charge in [0.25, 0.3) is 0 Å². The van der Waals surface area contributed by atoms with Gasteiger partial charge < -0.3 is 15.2 Å². The van der Waals surface area contributed by atoms with Gasteiger partial charge in [-0.05, 0) is 45.0 Å². The highest BCUT2D eigenvalue weighted by atomic mass is 16.7. The maximum atomic E-state index is 12.4. The van der Waals surface area contributed by atoms with Crippen molar-refractivity contribution in [1.82, 2.24) is 0 Å². The third-order valence-corrected chi connectivity index (χ3v) is 6.09. The van der Waals surface area contributed by atoms with E-state index in [-0.39, 0.29) is 18.9 Å². The molecule has 0 amide bonds. The molecule has 0 fully saturated rings. The number of benzene rings is 4. The van der Waals surface area contributed by atoms with Gasteiger partial charge >= 0.3 is 12.1 Å². The topological polar surface area (TPSA) is 78.6 Å². The molecular weight excluding hydrogens is 414 g/mol. The third-order valence-electron chi connectivity index (χ3n) is 6.09. The highest BCUT2D eigenvalue weighted by molar-refractivity contribution is 5.86. The second-order valence-corrected chi connectivity index (χ2v) is 8.20. The van der Waals surface area contributed by atoms with Gasteiger partial charge in [-0.15, -0.1) is 0 Å². The van der Waals surface area contributed by atoms with Crippen LogP contribution in [0.3, 0.4) is 0 Å². The van der Waals surface area contributed by atoms with Crippen LogP contribution >= 0.6 is 0 Å². The fourth-order valence-corrected chi connectivity index (χ4v) is 4.48. The minimum Gasteiger partial charge on any atom is -0.433 e. The van der Waals surface area contributed by atoms with Crippen molar-refractivity contribution in [2.24, 2.45) is 5.73 Å². The van der Waals surface area contributed by atoms with Crippen LogP contribution in [0.4, 0.5) is 4.79 Å². The fraction of sp³-hybridized carbons (Fsp3) is 0.143. The zero-order valence-electron chi connectivity index (χ0n) is 17.9. The van der Waals surface area contributed by atoms with Crippen molar-refractivity contribution < 1.29 is 19.1 Å². The lowest BCUT2D eigenvalue weighted by Gasteiger charge is -2.15. The minimum atomic E-state index is -1.03. The maximum Gasteiger partial charge on any atom is 0.516 e. The Morgan fingerprint density at radius 2 is 1.39 bits per heavy atom. The smallest absolute Gasteiger partial charge is 0.433 e. The number of hydrogen-bond acceptors (Lipinski definition) is 5. The van der Waals surface area contributed by atoms with Gasteiger partial charge in [-0.1, -0.05) is 91.0 Å². The second kappa shape index (κ2) is 8.88. The van der Waals surface area contributed by atoms with E-state index in [9.17, 15) is 9.59 Å². The molecule has 4 aromatic carbocycles. The molecule has 0 saturated heterocycles. The largest absolute Gasteiger partial charge is 0.516 e. The summed E-state index contributed by atoms with van der Waals surface area (Å²) in [4.78, 5) is 24.6. The van der Waals surface area contributed by atoms with Gasteiger partial charge in [-0.3, -0.25) is 0 Å². The number of hydrogen-bond donors (Lipinski definition) is 1. The van der Waals surface area contributed by atoms with Crippen molar-refractivity contribution in [1.29, 1.82) is 0 Å². The first-order valence-electron chi connectivity index (χ1n) is 10.9. The van der Waals surface area contributed by atoms with Crippen molar-refractivity contribution in [3.05, 3.63) is 108 Å². The quantitative estimate of drug-likeness (QED) is 0.343. The summed E-state index contributed by atoms with van der Waals surface area (Å²) >= 11 is 0. The molecular formula is C28H23NO4. The summed E-state index contributed by atoms with van der Waals surface area (Å²) in [6.07, 6.45) is -0.767. The summed E-state index contributed by atoms with van der Waals surface area (Å²) in [6.45, 7) is 0.0834. The van der Waals surface area contributed by atoms with Crippen LogP contribution in [0.5, 0.6) is 0 Å². The Kier molecular flexibility index (Phi) is 5.63. The van der Waals surface area contributed by atoms with E-state index in [1.807, 2.05) is 78.9 Å². The van der Waals surface area contributed by atoms with Crippen molar-refractivity contribution in [3.8, 4) is 11.1 Å². The summed E-state index contributed by atoms with van der Waals surface area (Å²) in [5.41, 5.74) is 11.3. The molecule has 0 heterocycles. The Bertz CT molecular complexity index is 1300. The summed E-state index contributed by atoms with van der Waals surface area (Å²) in [5, 5.41) is 2.17. The van der Waals surface area contributed by atoms with Crippen molar-refractivity contribution in [2.75, 3.05) is 6.61 Å². The number of ether oxygens (including phenoxy) is 2. The molecule has 0 unspecified atom stereocenters. The molecule has 0 bridgehead atoms. The van der Waals surface area contributed by atoms with Crippen molar-refractivity contribution in [2.45, 2.75) is 18.4 Å². The van der Waals surface area contributed by atoms with Crippen LogP contribution in [0.15, 0.2) is 91.0 Å². The number of esters is 1. The molecule has 2 N–H and O–H groups in total. The van der Waals surface area contributed by atoms with Crippen LogP contribution in [-0.2, 0) is 20.7 Å². The number of nitrogens with two attached hydrogens (primary N) is 1. The molecule has 5 heteroatoms. The molecule has 5 nitrogen and oxygen atoms in total. The average molecular weight is 437 g/mol. The highest BCUT2D eigenvalue weighted by Gasteiger charge is 2.30. The molecule has 1 aliphatic rings. The number of fused-ring (bicyclic) bond motifs is 4. The van der Waals surface area contributed by atoms with Crippen LogP contribution in [0.25, 0.3) is 21.9 Å². The average Bonchev–Trinajstić information content (AvgIpc) is 3.16. The van der Waals surface area contributed by atoms with Gasteiger partial charge in [0.15, 0.2) is 0 Å². The molecule has 5 rings (SSSR count). The number of carbonyl (C=O) groups is 2. The standard InChI is InChI=1S/C28H23NO4/c29-26(16-18-13-14-19-7-1-2-8-20(19)15-18)27(30)33-28(31)32-17-25-23-11-5-3-9-21(23)22-10-4-6-12-24(22)25/h1-15,25-26H,16-17,29H2/t26-/m1/s1. The van der Waals surface area contributed by atoms with Crippen LogP contribution in [0.1, 0.15) is 22.6 Å². The van der Waals surface area contributed by atoms with Crippen LogP contribution in [0, 0.1) is 0 Å². The zero-order chi connectivity index (χ0) is 22.8. The molecule has 0 radical (unpaired) electrons. The van der Waals surface area contributed by atoms with E-state index in [1.165, 1.54) is 0 Å². The maximum absolute atomic E-state index is 12.4. The van der Waals surface area contributed by atoms with Crippen LogP contribution in [-0.4, -0.2) is 24.8 Å². The van der Waals surface area contributed by atoms with Gasteiger partial charge in [0.1, 0.15) is 12.6 Å². The minimum absolute atomic E-state index is 0.0834. The molecule has 164 valence electrons. The first kappa shape index (κ1) is 20.9. The van der Waals surface area contributed by atoms with E-state index in [2.05, 4.69) is 12.1 Å². The van der Waals surface area contributed by atoms with Gasteiger partial charge in [0, 0.05) is 5.92 Å². The van der Waals surface area contributed by atoms with Crippen molar-refractivity contribution in [3.63, 3.8) is 0 Å². The van der Waals surface area contributed by atoms with Gasteiger partial charge in [-0.25, -0.2) is 9.59 Å². The summed E-state index contributed by atoms with van der Waals surface area (Å²) in [6, 6.07) is 28.9. The SMILES string of the molecule is N[C@H](Cc1ccc2ccccc2c1)C(=O)OC(=O)OCC1c2ccccc2-c2ccccc21. The van der Waals surface area contributed by atoms with Crippen LogP contribution < -0.4 is 5.73 Å². The summed E-state index contributed by atoms with van der Waals surface area (Å²) in [7, 11) is 0. The predicted octanol–water partition coefficient (Wildman–Crippen LogP) is 5.20. The number of rotatable bonds is 5. The number of carbonyl (C=O) groups excluding carboxylic acids is 2. The molecule has 0 aromatic heterocycles. The molecule has 1 atom stereocenters. The monoisotopic (exact) mass is 437 g/mol. The Balaban J connectivity index is 1.20. The second-order valence-electron chi connectivity index (χ2n) is 8.20. The summed E-state index contributed by atoms with van der Waals surface area (Å²) < 4.78 is 10.2. The van der Waals surface area contributed by atoms with E-state index >= 15 is 0 Å². The lowest BCUT2D eigenvalue weighted by molar-refractivity contribution is -0.141. The molecule has 1 aliphatic carbocycles. The van der Waals surface area contributed by atoms with Gasteiger partial charge in [-0.2, -0.15) is 0 Å². The molecule has 4 aromatic rings. The Labute approximate surface area is 191 Å². The molecule has 0 saturated carbocycles. The van der Waals surface area contributed by atoms with Crippen molar-refractivity contribution >= 4 is 22.9 Å².